The van der Waals surface area contributed by atoms with Crippen molar-refractivity contribution in [3.63, 3.8) is 0 Å². The molecule has 0 spiro atoms. The Bertz CT molecular complexity index is 147. The van der Waals surface area contributed by atoms with Gasteiger partial charge in [-0.15, -0.1) is 0 Å². The van der Waals surface area contributed by atoms with Gasteiger partial charge in [0.15, 0.2) is 0 Å². The van der Waals surface area contributed by atoms with Gasteiger partial charge in [0, 0.05) is 18.6 Å². The summed E-state index contributed by atoms with van der Waals surface area (Å²) in [6.07, 6.45) is 8.20. The Morgan fingerprint density at radius 1 is 1.14 bits per heavy atom. The predicted molar refractivity (Wildman–Crippen MR) is 62.4 cm³/mol. The second kappa shape index (κ2) is 6.41. The monoisotopic (exact) mass is 198 g/mol. The van der Waals surface area contributed by atoms with Gasteiger partial charge in [-0.25, -0.2) is 0 Å². The molecule has 1 aliphatic heterocycles. The van der Waals surface area contributed by atoms with E-state index >= 15 is 0 Å². The number of likely N-dealkylation sites (N-methyl/N-ethyl adjacent to an activating group) is 1. The molecule has 1 saturated heterocycles. The minimum Gasteiger partial charge on any atom is -0.329 e. The molecule has 0 aromatic rings. The Balaban J connectivity index is 2.30. The average molecular weight is 198 g/mol. The van der Waals surface area contributed by atoms with Crippen molar-refractivity contribution in [3.8, 4) is 0 Å². The molecule has 84 valence electrons. The van der Waals surface area contributed by atoms with Gasteiger partial charge in [-0.3, -0.25) is 4.90 Å². The van der Waals surface area contributed by atoms with Crippen LogP contribution in [0.5, 0.6) is 0 Å². The van der Waals surface area contributed by atoms with Crippen molar-refractivity contribution in [1.29, 1.82) is 0 Å². The van der Waals surface area contributed by atoms with Crippen LogP contribution >= 0.6 is 0 Å². The Hall–Kier alpha value is -0.0800. The second-order valence-electron chi connectivity index (χ2n) is 4.45. The van der Waals surface area contributed by atoms with Crippen LogP contribution in [0.25, 0.3) is 0 Å². The van der Waals surface area contributed by atoms with E-state index in [0.717, 1.165) is 12.6 Å². The summed E-state index contributed by atoms with van der Waals surface area (Å²) in [6.45, 7) is 6.56. The molecule has 0 aliphatic carbocycles. The minimum atomic E-state index is 0.673. The van der Waals surface area contributed by atoms with Crippen molar-refractivity contribution >= 4 is 0 Å². The predicted octanol–water partition coefficient (Wildman–Crippen LogP) is 2.38. The van der Waals surface area contributed by atoms with Gasteiger partial charge in [-0.1, -0.05) is 33.1 Å². The largest absolute Gasteiger partial charge is 0.329 e. The third-order valence-electron chi connectivity index (χ3n) is 3.55. The van der Waals surface area contributed by atoms with Crippen molar-refractivity contribution in [2.75, 3.05) is 13.1 Å². The molecule has 2 unspecified atom stereocenters. The number of rotatable bonds is 6. The van der Waals surface area contributed by atoms with E-state index in [1.54, 1.807) is 0 Å². The summed E-state index contributed by atoms with van der Waals surface area (Å²) in [5, 5.41) is 0. The number of nitrogens with two attached hydrogens (primary N) is 1. The van der Waals surface area contributed by atoms with Crippen LogP contribution in [0.4, 0.5) is 0 Å². The number of hydrogen-bond donors (Lipinski definition) is 1. The first-order valence-electron chi connectivity index (χ1n) is 6.29. The van der Waals surface area contributed by atoms with E-state index in [4.69, 9.17) is 5.73 Å². The maximum absolute atomic E-state index is 5.78. The van der Waals surface area contributed by atoms with Gasteiger partial charge < -0.3 is 5.73 Å². The van der Waals surface area contributed by atoms with Gasteiger partial charge in [0.2, 0.25) is 0 Å². The average Bonchev–Trinajstić information content (AvgIpc) is 2.60. The van der Waals surface area contributed by atoms with Gasteiger partial charge in [-0.05, 0) is 25.8 Å². The van der Waals surface area contributed by atoms with Crippen molar-refractivity contribution in [2.45, 2.75) is 64.5 Å². The summed E-state index contributed by atoms with van der Waals surface area (Å²) in [6, 6.07) is 1.51. The molecule has 2 heteroatoms. The van der Waals surface area contributed by atoms with Crippen LogP contribution in [0.1, 0.15) is 52.4 Å². The second-order valence-corrected chi connectivity index (χ2v) is 4.45. The van der Waals surface area contributed by atoms with Crippen molar-refractivity contribution < 1.29 is 0 Å². The third-order valence-corrected chi connectivity index (χ3v) is 3.55. The summed E-state index contributed by atoms with van der Waals surface area (Å²) in [4.78, 5) is 2.62. The number of hydrogen-bond acceptors (Lipinski definition) is 2. The highest BCUT2D eigenvalue weighted by molar-refractivity contribution is 4.87. The summed E-state index contributed by atoms with van der Waals surface area (Å²) >= 11 is 0. The Kier molecular flexibility index (Phi) is 5.49. The Labute approximate surface area is 88.8 Å². The van der Waals surface area contributed by atoms with Crippen molar-refractivity contribution in [1.82, 2.24) is 4.90 Å². The lowest BCUT2D eigenvalue weighted by atomic mass is 10.1. The molecule has 14 heavy (non-hydrogen) atoms. The Morgan fingerprint density at radius 3 is 2.43 bits per heavy atom. The molecular weight excluding hydrogens is 172 g/mol. The maximum Gasteiger partial charge on any atom is 0.0221 e. The van der Waals surface area contributed by atoms with Crippen molar-refractivity contribution in [2.24, 2.45) is 5.73 Å². The van der Waals surface area contributed by atoms with Crippen LogP contribution in [0.2, 0.25) is 0 Å². The smallest absolute Gasteiger partial charge is 0.0221 e. The Morgan fingerprint density at radius 2 is 1.86 bits per heavy atom. The van der Waals surface area contributed by atoms with E-state index in [0.29, 0.717) is 6.04 Å². The summed E-state index contributed by atoms with van der Waals surface area (Å²) in [5.41, 5.74) is 5.78. The van der Waals surface area contributed by atoms with Crippen LogP contribution in [-0.2, 0) is 0 Å². The van der Waals surface area contributed by atoms with E-state index < -0.39 is 0 Å². The van der Waals surface area contributed by atoms with Gasteiger partial charge in [0.05, 0.1) is 0 Å². The summed E-state index contributed by atoms with van der Waals surface area (Å²) in [7, 11) is 0. The molecule has 1 heterocycles. The molecule has 1 rings (SSSR count). The summed E-state index contributed by atoms with van der Waals surface area (Å²) < 4.78 is 0. The van der Waals surface area contributed by atoms with E-state index in [-0.39, 0.29) is 0 Å². The highest BCUT2D eigenvalue weighted by Gasteiger charge is 2.30. The molecule has 0 amide bonds. The lowest BCUT2D eigenvalue weighted by Crippen LogP contribution is -2.40. The first-order valence-corrected chi connectivity index (χ1v) is 6.29. The van der Waals surface area contributed by atoms with Crippen LogP contribution in [0, 0.1) is 0 Å². The molecule has 0 aromatic heterocycles. The molecule has 0 radical (unpaired) electrons. The molecule has 2 N–H and O–H groups in total. The number of nitrogens with zero attached hydrogens (tertiary/aromatic N) is 1. The fourth-order valence-corrected chi connectivity index (χ4v) is 2.72. The zero-order valence-electron chi connectivity index (χ0n) is 9.84. The standard InChI is InChI=1S/C12H26N2/c1-3-5-6-7-11-8-9-12(10-13)14(11)4-2/h11-12H,3-10,13H2,1-2H3. The lowest BCUT2D eigenvalue weighted by Gasteiger charge is -2.28. The molecule has 0 bridgehead atoms. The zero-order valence-corrected chi connectivity index (χ0v) is 9.84. The molecule has 2 atom stereocenters. The van der Waals surface area contributed by atoms with E-state index in [9.17, 15) is 0 Å². The maximum atomic E-state index is 5.78. The van der Waals surface area contributed by atoms with E-state index in [1.165, 1.54) is 45.1 Å². The highest BCUT2D eigenvalue weighted by atomic mass is 15.2. The van der Waals surface area contributed by atoms with Gasteiger partial charge in [0.25, 0.3) is 0 Å². The topological polar surface area (TPSA) is 29.3 Å². The van der Waals surface area contributed by atoms with Gasteiger partial charge >= 0.3 is 0 Å². The fraction of sp³-hybridized carbons (Fsp3) is 1.00. The first-order chi connectivity index (χ1) is 6.83. The fourth-order valence-electron chi connectivity index (χ4n) is 2.72. The zero-order chi connectivity index (χ0) is 10.4. The van der Waals surface area contributed by atoms with Gasteiger partial charge in [-0.2, -0.15) is 0 Å². The summed E-state index contributed by atoms with van der Waals surface area (Å²) in [5.74, 6) is 0. The quantitative estimate of drug-likeness (QED) is 0.664. The number of unbranched alkanes of at least 4 members (excludes halogenated alkanes) is 2. The van der Waals surface area contributed by atoms with E-state index in [1.807, 2.05) is 0 Å². The molecular formula is C12H26N2. The first kappa shape index (κ1) is 12.0. The molecule has 0 aromatic carbocycles. The van der Waals surface area contributed by atoms with Crippen molar-refractivity contribution in [3.05, 3.63) is 0 Å². The third kappa shape index (κ3) is 2.96. The normalized spacial score (nSPS) is 28.5. The lowest BCUT2D eigenvalue weighted by molar-refractivity contribution is 0.196. The van der Waals surface area contributed by atoms with Gasteiger partial charge in [0.1, 0.15) is 0 Å². The highest BCUT2D eigenvalue weighted by Crippen LogP contribution is 2.26. The molecule has 2 nitrogen and oxygen atoms in total. The van der Waals surface area contributed by atoms with Crippen LogP contribution < -0.4 is 5.73 Å². The molecule has 0 saturated carbocycles. The minimum absolute atomic E-state index is 0.673. The van der Waals surface area contributed by atoms with Crippen LogP contribution in [-0.4, -0.2) is 30.1 Å². The SMILES string of the molecule is CCCCCC1CCC(CN)N1CC. The van der Waals surface area contributed by atoms with Crippen LogP contribution in [0.15, 0.2) is 0 Å². The number of likely N-dealkylation sites (tertiary alicyclic amines) is 1. The van der Waals surface area contributed by atoms with Crippen LogP contribution in [0.3, 0.4) is 0 Å². The molecule has 1 fully saturated rings. The van der Waals surface area contributed by atoms with E-state index in [2.05, 4.69) is 18.7 Å². The molecule has 1 aliphatic rings.